The van der Waals surface area contributed by atoms with Crippen molar-refractivity contribution in [1.29, 1.82) is 0 Å². The Hall–Kier alpha value is 0.220. The van der Waals surface area contributed by atoms with Gasteiger partial charge in [0.1, 0.15) is 7.34 Å². The van der Waals surface area contributed by atoms with Crippen LogP contribution in [0.4, 0.5) is 0 Å². The second-order valence-corrected chi connectivity index (χ2v) is 7.11. The van der Waals surface area contributed by atoms with Crippen molar-refractivity contribution in [3.05, 3.63) is 0 Å². The maximum absolute atomic E-state index is 10.0. The molecule has 0 saturated carbocycles. The molecule has 0 saturated heterocycles. The van der Waals surface area contributed by atoms with E-state index < -0.39 is 7.34 Å². The molecule has 0 aromatic carbocycles. The third-order valence-electron chi connectivity index (χ3n) is 2.68. The minimum atomic E-state index is -2.75. The van der Waals surface area contributed by atoms with Gasteiger partial charge in [-0.1, -0.05) is 33.1 Å². The summed E-state index contributed by atoms with van der Waals surface area (Å²) in [4.78, 5) is 20.1. The van der Waals surface area contributed by atoms with E-state index in [1.165, 1.54) is 0 Å². The molecule has 0 bridgehead atoms. The minimum Gasteiger partial charge on any atom is -0.353 e. The van der Waals surface area contributed by atoms with Gasteiger partial charge in [-0.15, -0.1) is 0 Å². The molecule has 14 heavy (non-hydrogen) atoms. The Morgan fingerprint density at radius 3 is 2.00 bits per heavy atom. The average Bonchev–Trinajstić information content (AvgIpc) is 2.11. The molecule has 0 spiro atoms. The Labute approximate surface area is 88.5 Å². The van der Waals surface area contributed by atoms with Crippen molar-refractivity contribution in [3.8, 4) is 0 Å². The van der Waals surface area contributed by atoms with Crippen molar-refractivity contribution >= 4 is 12.6 Å². The molecule has 0 fully saturated rings. The van der Waals surface area contributed by atoms with Gasteiger partial charge >= 0.3 is 0 Å². The van der Waals surface area contributed by atoms with Crippen molar-refractivity contribution in [1.82, 2.24) is 0 Å². The number of rotatable bonds is 6. The molecule has 0 radical (unpaired) electrons. The normalized spacial score (nSPS) is 14.1. The highest BCUT2D eigenvalue weighted by atomic mass is 31.2. The SMILES string of the molecule is CCCCC(CCC)P(O)(O)=C(C)C. The maximum Gasteiger partial charge on any atom is 0.120 e. The first kappa shape index (κ1) is 14.2. The third-order valence-corrected chi connectivity index (χ3v) is 5.53. The van der Waals surface area contributed by atoms with Crippen molar-refractivity contribution in [2.45, 2.75) is 65.5 Å². The topological polar surface area (TPSA) is 40.5 Å². The molecule has 0 aliphatic carbocycles. The van der Waals surface area contributed by atoms with Crippen LogP contribution in [0.3, 0.4) is 0 Å². The quantitative estimate of drug-likeness (QED) is 0.673. The first-order chi connectivity index (χ1) is 6.46. The highest BCUT2D eigenvalue weighted by molar-refractivity contribution is 7.66. The van der Waals surface area contributed by atoms with Crippen molar-refractivity contribution in [3.63, 3.8) is 0 Å². The van der Waals surface area contributed by atoms with Gasteiger partial charge in [0.25, 0.3) is 0 Å². The maximum atomic E-state index is 10.0. The summed E-state index contributed by atoms with van der Waals surface area (Å²) in [5.74, 6) is 0. The van der Waals surface area contributed by atoms with Crippen LogP contribution >= 0.6 is 7.34 Å². The fourth-order valence-electron chi connectivity index (χ4n) is 1.64. The molecule has 0 aliphatic rings. The second kappa shape index (κ2) is 6.66. The van der Waals surface area contributed by atoms with Crippen LogP contribution in [0.15, 0.2) is 0 Å². The number of hydrogen-bond acceptors (Lipinski definition) is 2. The lowest BCUT2D eigenvalue weighted by atomic mass is 10.1. The van der Waals surface area contributed by atoms with E-state index in [0.717, 1.165) is 37.4 Å². The molecule has 86 valence electrons. The van der Waals surface area contributed by atoms with Gasteiger partial charge < -0.3 is 9.79 Å². The zero-order valence-electron chi connectivity index (χ0n) is 9.95. The van der Waals surface area contributed by atoms with E-state index in [9.17, 15) is 9.79 Å². The summed E-state index contributed by atoms with van der Waals surface area (Å²) in [5, 5.41) is 0.812. The lowest BCUT2D eigenvalue weighted by Crippen LogP contribution is -2.12. The summed E-state index contributed by atoms with van der Waals surface area (Å²) < 4.78 is 0. The summed E-state index contributed by atoms with van der Waals surface area (Å²) in [5.41, 5.74) is 0.109. The van der Waals surface area contributed by atoms with Crippen LogP contribution in [0, 0.1) is 0 Å². The molecule has 0 aromatic rings. The van der Waals surface area contributed by atoms with Crippen LogP contribution in [0.1, 0.15) is 59.8 Å². The molecule has 1 unspecified atom stereocenters. The fraction of sp³-hybridized carbons (Fsp3) is 0.909. The molecule has 0 rings (SSSR count). The van der Waals surface area contributed by atoms with Gasteiger partial charge in [-0.05, 0) is 32.0 Å². The largest absolute Gasteiger partial charge is 0.353 e. The first-order valence-corrected chi connectivity index (χ1v) is 7.38. The molecule has 0 aromatic heterocycles. The number of unbranched alkanes of at least 4 members (excludes halogenated alkanes) is 1. The second-order valence-electron chi connectivity index (χ2n) is 4.18. The Kier molecular flexibility index (Phi) is 6.76. The average molecular weight is 220 g/mol. The summed E-state index contributed by atoms with van der Waals surface area (Å²) >= 11 is 0. The van der Waals surface area contributed by atoms with Gasteiger partial charge in [0.05, 0.1) is 0 Å². The molecule has 2 N–H and O–H groups in total. The van der Waals surface area contributed by atoms with Crippen LogP contribution < -0.4 is 0 Å². The van der Waals surface area contributed by atoms with E-state index in [4.69, 9.17) is 0 Å². The Morgan fingerprint density at radius 2 is 1.64 bits per heavy atom. The van der Waals surface area contributed by atoms with E-state index in [1.54, 1.807) is 0 Å². The van der Waals surface area contributed by atoms with Crippen molar-refractivity contribution < 1.29 is 9.79 Å². The zero-order valence-corrected chi connectivity index (χ0v) is 10.8. The monoisotopic (exact) mass is 220 g/mol. The molecule has 0 heterocycles. The van der Waals surface area contributed by atoms with E-state index in [2.05, 4.69) is 13.8 Å². The Balaban J connectivity index is 4.56. The van der Waals surface area contributed by atoms with E-state index in [1.807, 2.05) is 13.8 Å². The standard InChI is InChI=1S/C11H25O2P/c1-5-7-9-11(8-6-2)14(12,13)10(3)4/h11-13H,5-9H2,1-4H3. The molecule has 0 aliphatic heterocycles. The summed E-state index contributed by atoms with van der Waals surface area (Å²) in [7, 11) is -2.75. The smallest absolute Gasteiger partial charge is 0.120 e. The van der Waals surface area contributed by atoms with Gasteiger partial charge in [-0.2, -0.15) is 0 Å². The van der Waals surface area contributed by atoms with Gasteiger partial charge in [-0.3, -0.25) is 0 Å². The molecule has 0 amide bonds. The van der Waals surface area contributed by atoms with Crippen LogP contribution in [0.5, 0.6) is 0 Å². The van der Waals surface area contributed by atoms with Crippen LogP contribution in [-0.4, -0.2) is 20.7 Å². The van der Waals surface area contributed by atoms with Crippen LogP contribution in [-0.2, 0) is 0 Å². The predicted octanol–water partition coefficient (Wildman–Crippen LogP) is 3.39. The van der Waals surface area contributed by atoms with E-state index in [-0.39, 0.29) is 5.66 Å². The summed E-state index contributed by atoms with van der Waals surface area (Å²) in [6, 6.07) is 0. The summed E-state index contributed by atoms with van der Waals surface area (Å²) in [6.45, 7) is 7.91. The summed E-state index contributed by atoms with van der Waals surface area (Å²) in [6.07, 6.45) is 5.15. The highest BCUT2D eigenvalue weighted by Gasteiger charge is 2.23. The molecular formula is C11H25O2P. The first-order valence-electron chi connectivity index (χ1n) is 5.61. The van der Waals surface area contributed by atoms with Gasteiger partial charge in [0, 0.05) is 5.66 Å². The highest BCUT2D eigenvalue weighted by Crippen LogP contribution is 2.49. The molecule has 3 heteroatoms. The Morgan fingerprint density at radius 1 is 1.07 bits per heavy atom. The minimum absolute atomic E-state index is 0.109. The van der Waals surface area contributed by atoms with Gasteiger partial charge in [0.2, 0.25) is 0 Å². The van der Waals surface area contributed by atoms with Gasteiger partial charge in [-0.25, -0.2) is 0 Å². The Bertz CT molecular complexity index is 201. The predicted molar refractivity (Wildman–Crippen MR) is 65.9 cm³/mol. The molecule has 2 nitrogen and oxygen atoms in total. The van der Waals surface area contributed by atoms with Crippen LogP contribution in [0.25, 0.3) is 0 Å². The van der Waals surface area contributed by atoms with E-state index >= 15 is 0 Å². The van der Waals surface area contributed by atoms with E-state index in [0.29, 0.717) is 0 Å². The van der Waals surface area contributed by atoms with Crippen LogP contribution in [0.2, 0.25) is 0 Å². The molecule has 1 atom stereocenters. The lowest BCUT2D eigenvalue weighted by Gasteiger charge is -2.26. The van der Waals surface area contributed by atoms with Crippen molar-refractivity contribution in [2.24, 2.45) is 0 Å². The lowest BCUT2D eigenvalue weighted by molar-refractivity contribution is 0.439. The zero-order chi connectivity index (χ0) is 11.2. The molecular weight excluding hydrogens is 195 g/mol. The van der Waals surface area contributed by atoms with Gasteiger partial charge in [0.15, 0.2) is 0 Å². The fourth-order valence-corrected chi connectivity index (χ4v) is 3.53. The van der Waals surface area contributed by atoms with Crippen molar-refractivity contribution in [2.75, 3.05) is 0 Å². The third kappa shape index (κ3) is 4.16. The number of hydrogen-bond donors (Lipinski definition) is 2.